The average Bonchev–Trinajstić information content (AvgIpc) is 3.19. The van der Waals surface area contributed by atoms with Crippen molar-refractivity contribution in [2.75, 3.05) is 18.5 Å². The van der Waals surface area contributed by atoms with Crippen molar-refractivity contribution in [1.82, 2.24) is 5.32 Å². The Balaban J connectivity index is 2.07. The van der Waals surface area contributed by atoms with E-state index in [2.05, 4.69) is 49.3 Å². The van der Waals surface area contributed by atoms with E-state index in [-0.39, 0.29) is 0 Å². The molecule has 1 fully saturated rings. The van der Waals surface area contributed by atoms with Gasteiger partial charge in [-0.15, -0.1) is 0 Å². The zero-order chi connectivity index (χ0) is 13.1. The fourth-order valence-corrected chi connectivity index (χ4v) is 2.53. The summed E-state index contributed by atoms with van der Waals surface area (Å²) in [6.07, 6.45) is 2.75. The minimum absolute atomic E-state index is 0.612. The quantitative estimate of drug-likeness (QED) is 0.845. The lowest BCUT2D eigenvalue weighted by molar-refractivity contribution is 0.609. The lowest BCUT2D eigenvalue weighted by atomic mass is 10.1. The van der Waals surface area contributed by atoms with Gasteiger partial charge in [-0.05, 0) is 49.9 Å². The number of nitrogens with one attached hydrogen (secondary N) is 1. The maximum Gasteiger partial charge on any atom is 0.0471 e. The second kappa shape index (κ2) is 5.94. The Labute approximate surface area is 115 Å². The Morgan fingerprint density at radius 2 is 2.17 bits per heavy atom. The molecule has 1 unspecified atom stereocenters. The van der Waals surface area contributed by atoms with Gasteiger partial charge in [0.15, 0.2) is 0 Å². The SMILES string of the molecule is CCNCc1ccc(N(C)C(C)C2CC2)cc1Cl. The molecule has 0 amide bonds. The second-order valence-corrected chi connectivity index (χ2v) is 5.65. The van der Waals surface area contributed by atoms with E-state index in [1.807, 2.05) is 0 Å². The Kier molecular flexibility index (Phi) is 4.52. The molecule has 2 nitrogen and oxygen atoms in total. The predicted octanol–water partition coefficient (Wildman–Crippen LogP) is 3.68. The molecule has 0 heterocycles. The zero-order valence-corrected chi connectivity index (χ0v) is 12.3. The molecular weight excluding hydrogens is 244 g/mol. The highest BCUT2D eigenvalue weighted by Gasteiger charge is 2.30. The molecular formula is C15H23ClN2. The zero-order valence-electron chi connectivity index (χ0n) is 11.5. The van der Waals surface area contributed by atoms with Crippen molar-refractivity contribution in [3.63, 3.8) is 0 Å². The van der Waals surface area contributed by atoms with Gasteiger partial charge in [-0.2, -0.15) is 0 Å². The van der Waals surface area contributed by atoms with Gasteiger partial charge < -0.3 is 10.2 Å². The van der Waals surface area contributed by atoms with Gasteiger partial charge in [-0.1, -0.05) is 24.6 Å². The Morgan fingerprint density at radius 1 is 1.44 bits per heavy atom. The number of hydrogen-bond acceptors (Lipinski definition) is 2. The summed E-state index contributed by atoms with van der Waals surface area (Å²) in [4.78, 5) is 2.35. The molecule has 1 aromatic carbocycles. The molecule has 0 aromatic heterocycles. The molecule has 1 saturated carbocycles. The summed E-state index contributed by atoms with van der Waals surface area (Å²) in [5.74, 6) is 0.871. The van der Waals surface area contributed by atoms with Crippen LogP contribution in [0.5, 0.6) is 0 Å². The lowest BCUT2D eigenvalue weighted by Crippen LogP contribution is -2.30. The molecule has 0 spiro atoms. The fourth-order valence-electron chi connectivity index (χ4n) is 2.29. The minimum atomic E-state index is 0.612. The summed E-state index contributed by atoms with van der Waals surface area (Å²) in [6.45, 7) is 6.22. The molecule has 0 bridgehead atoms. The highest BCUT2D eigenvalue weighted by molar-refractivity contribution is 6.31. The van der Waals surface area contributed by atoms with Gasteiger partial charge in [0.2, 0.25) is 0 Å². The average molecular weight is 267 g/mol. The summed E-state index contributed by atoms with van der Waals surface area (Å²) < 4.78 is 0. The molecule has 100 valence electrons. The third kappa shape index (κ3) is 3.18. The minimum Gasteiger partial charge on any atom is -0.372 e. The maximum atomic E-state index is 6.34. The number of rotatable bonds is 6. The molecule has 1 N–H and O–H groups in total. The van der Waals surface area contributed by atoms with Crippen LogP contribution in [0.3, 0.4) is 0 Å². The van der Waals surface area contributed by atoms with Crippen molar-refractivity contribution in [3.8, 4) is 0 Å². The summed E-state index contributed by atoms with van der Waals surface area (Å²) in [5.41, 5.74) is 2.40. The number of anilines is 1. The van der Waals surface area contributed by atoms with Crippen LogP contribution in [-0.2, 0) is 6.54 Å². The smallest absolute Gasteiger partial charge is 0.0471 e. The summed E-state index contributed by atoms with van der Waals surface area (Å²) in [6, 6.07) is 7.02. The van der Waals surface area contributed by atoms with E-state index in [1.54, 1.807) is 0 Å². The summed E-state index contributed by atoms with van der Waals surface area (Å²) in [5, 5.41) is 4.17. The normalized spacial score (nSPS) is 16.7. The van der Waals surface area contributed by atoms with E-state index in [9.17, 15) is 0 Å². The van der Waals surface area contributed by atoms with Gasteiger partial charge in [0.25, 0.3) is 0 Å². The first kappa shape index (κ1) is 13.7. The second-order valence-electron chi connectivity index (χ2n) is 5.24. The Bertz CT molecular complexity index is 401. The number of hydrogen-bond donors (Lipinski definition) is 1. The number of nitrogens with zero attached hydrogens (tertiary/aromatic N) is 1. The van der Waals surface area contributed by atoms with Crippen molar-refractivity contribution in [3.05, 3.63) is 28.8 Å². The van der Waals surface area contributed by atoms with Crippen LogP contribution in [0.4, 0.5) is 5.69 Å². The predicted molar refractivity (Wildman–Crippen MR) is 79.4 cm³/mol. The summed E-state index contributed by atoms with van der Waals surface area (Å²) >= 11 is 6.34. The van der Waals surface area contributed by atoms with Gasteiger partial charge in [0.05, 0.1) is 0 Å². The standard InChI is InChI=1S/C15H23ClN2/c1-4-17-10-13-7-8-14(9-15(13)16)18(3)11(2)12-5-6-12/h7-9,11-12,17H,4-6,10H2,1-3H3. The first-order valence-electron chi connectivity index (χ1n) is 6.85. The van der Waals surface area contributed by atoms with E-state index in [0.29, 0.717) is 6.04 Å². The topological polar surface area (TPSA) is 15.3 Å². The van der Waals surface area contributed by atoms with Crippen LogP contribution in [0.15, 0.2) is 18.2 Å². The highest BCUT2D eigenvalue weighted by Crippen LogP contribution is 2.36. The van der Waals surface area contributed by atoms with E-state index in [0.717, 1.165) is 24.0 Å². The molecule has 3 heteroatoms. The molecule has 0 saturated heterocycles. The van der Waals surface area contributed by atoms with Crippen molar-refractivity contribution in [2.24, 2.45) is 5.92 Å². The van der Waals surface area contributed by atoms with Gasteiger partial charge in [0, 0.05) is 30.3 Å². The maximum absolute atomic E-state index is 6.34. The third-order valence-electron chi connectivity index (χ3n) is 3.92. The summed E-state index contributed by atoms with van der Waals surface area (Å²) in [7, 11) is 2.17. The van der Waals surface area contributed by atoms with Crippen LogP contribution in [0, 0.1) is 5.92 Å². The third-order valence-corrected chi connectivity index (χ3v) is 4.28. The van der Waals surface area contributed by atoms with E-state index in [1.165, 1.54) is 24.1 Å². The first-order chi connectivity index (χ1) is 8.63. The monoisotopic (exact) mass is 266 g/mol. The Morgan fingerprint density at radius 3 is 2.72 bits per heavy atom. The van der Waals surface area contributed by atoms with E-state index < -0.39 is 0 Å². The van der Waals surface area contributed by atoms with Crippen LogP contribution in [0.25, 0.3) is 0 Å². The lowest BCUT2D eigenvalue weighted by Gasteiger charge is -2.27. The number of benzene rings is 1. The van der Waals surface area contributed by atoms with Crippen molar-refractivity contribution < 1.29 is 0 Å². The van der Waals surface area contributed by atoms with Crippen LogP contribution in [0.1, 0.15) is 32.3 Å². The van der Waals surface area contributed by atoms with Crippen LogP contribution in [-0.4, -0.2) is 19.6 Å². The van der Waals surface area contributed by atoms with Crippen LogP contribution >= 0.6 is 11.6 Å². The molecule has 1 aromatic rings. The number of halogens is 1. The van der Waals surface area contributed by atoms with Gasteiger partial charge in [0.1, 0.15) is 0 Å². The fraction of sp³-hybridized carbons (Fsp3) is 0.600. The Hall–Kier alpha value is -0.730. The first-order valence-corrected chi connectivity index (χ1v) is 7.23. The van der Waals surface area contributed by atoms with Gasteiger partial charge in [-0.25, -0.2) is 0 Å². The molecule has 1 aliphatic carbocycles. The molecule has 2 rings (SSSR count). The van der Waals surface area contributed by atoms with Crippen LogP contribution < -0.4 is 10.2 Å². The molecule has 0 radical (unpaired) electrons. The largest absolute Gasteiger partial charge is 0.372 e. The van der Waals surface area contributed by atoms with E-state index in [4.69, 9.17) is 11.6 Å². The van der Waals surface area contributed by atoms with Crippen molar-refractivity contribution >= 4 is 17.3 Å². The van der Waals surface area contributed by atoms with Crippen LogP contribution in [0.2, 0.25) is 5.02 Å². The van der Waals surface area contributed by atoms with Gasteiger partial charge >= 0.3 is 0 Å². The van der Waals surface area contributed by atoms with Crippen molar-refractivity contribution in [2.45, 2.75) is 39.3 Å². The highest BCUT2D eigenvalue weighted by atomic mass is 35.5. The molecule has 1 atom stereocenters. The van der Waals surface area contributed by atoms with E-state index >= 15 is 0 Å². The van der Waals surface area contributed by atoms with Crippen molar-refractivity contribution in [1.29, 1.82) is 0 Å². The molecule has 1 aliphatic rings. The molecule has 0 aliphatic heterocycles. The van der Waals surface area contributed by atoms with Gasteiger partial charge in [-0.3, -0.25) is 0 Å². The molecule has 18 heavy (non-hydrogen) atoms.